The maximum Gasteiger partial charge on any atom is 0.306 e. The lowest BCUT2D eigenvalue weighted by Gasteiger charge is -2.30. The summed E-state index contributed by atoms with van der Waals surface area (Å²) in [4.78, 5) is 43.9. The predicted octanol–water partition coefficient (Wildman–Crippen LogP) is 6.30. The van der Waals surface area contributed by atoms with Crippen LogP contribution < -0.4 is 4.90 Å². The largest absolute Gasteiger partial charge is 0.481 e. The minimum absolute atomic E-state index is 0. The molecule has 8 nitrogen and oxygen atoms in total. The van der Waals surface area contributed by atoms with Crippen LogP contribution >= 0.6 is 22.9 Å². The van der Waals surface area contributed by atoms with E-state index in [1.807, 2.05) is 24.0 Å². The number of carboxylic acids is 1. The summed E-state index contributed by atoms with van der Waals surface area (Å²) >= 11 is 8.05. The first kappa shape index (κ1) is 30.1. The Morgan fingerprint density at radius 1 is 1.12 bits per heavy atom. The van der Waals surface area contributed by atoms with Crippen molar-refractivity contribution < 1.29 is 14.7 Å². The third kappa shape index (κ3) is 6.70. The van der Waals surface area contributed by atoms with Crippen molar-refractivity contribution in [2.45, 2.75) is 72.4 Å². The van der Waals surface area contributed by atoms with E-state index in [4.69, 9.17) is 16.6 Å². The number of Topliss-reactive ketones (excluding diaryl/α,β-unsaturated/α-hetero) is 1. The number of likely N-dealkylation sites (tertiary alicyclic amines) is 1. The van der Waals surface area contributed by atoms with E-state index in [0.717, 1.165) is 46.2 Å². The molecule has 4 heterocycles. The maximum absolute atomic E-state index is 13.2. The highest BCUT2D eigenvalue weighted by Crippen LogP contribution is 2.34. The summed E-state index contributed by atoms with van der Waals surface area (Å²) in [6.45, 7) is 7.35. The highest BCUT2D eigenvalue weighted by atomic mass is 35.5. The minimum atomic E-state index is -0.744. The van der Waals surface area contributed by atoms with Crippen molar-refractivity contribution in [2.24, 2.45) is 5.92 Å². The third-order valence-corrected chi connectivity index (χ3v) is 9.36. The number of aliphatic carboxylic acids is 1. The number of carboxylic acid groups (broad SMARTS) is 1. The number of benzene rings is 1. The Kier molecular flexibility index (Phi) is 9.92. The van der Waals surface area contributed by atoms with Gasteiger partial charge in [-0.05, 0) is 57.2 Å². The fourth-order valence-corrected chi connectivity index (χ4v) is 6.81. The summed E-state index contributed by atoms with van der Waals surface area (Å²) in [6.07, 6.45) is 8.00. The number of carbonyl (C=O) groups excluding carboxylic acids is 1. The predicted molar refractivity (Wildman–Crippen MR) is 160 cm³/mol. The quantitative estimate of drug-likeness (QED) is 0.293. The van der Waals surface area contributed by atoms with Crippen molar-refractivity contribution in [3.8, 4) is 11.3 Å². The molecule has 0 aliphatic carbocycles. The van der Waals surface area contributed by atoms with Crippen molar-refractivity contribution in [2.75, 3.05) is 24.5 Å². The Morgan fingerprint density at radius 3 is 2.55 bits per heavy atom. The van der Waals surface area contributed by atoms with E-state index in [1.54, 1.807) is 17.5 Å². The standard InChI is InChI=1S/C29H34ClN5O3S.CH4/c1-3-21-5-4-10-35(21)17-25-28(20-7-6-18(2)22(30)13-20)33-27(39-25)14-24(36)23-15-32-26(16-31-23)34-11-8-19(9-12-34)29(37)38;/h6-7,13,15-16,19,21H,3-5,8-12,14,17H2,1-2H3,(H,37,38);1H4/t21-;/m1./s1. The maximum atomic E-state index is 13.2. The number of ketones is 1. The Hall–Kier alpha value is -2.88. The van der Waals surface area contributed by atoms with Gasteiger partial charge in [0.05, 0.1) is 30.4 Å². The van der Waals surface area contributed by atoms with Gasteiger partial charge in [-0.1, -0.05) is 38.1 Å². The van der Waals surface area contributed by atoms with Crippen LogP contribution in [-0.2, 0) is 17.8 Å². The number of halogens is 1. The van der Waals surface area contributed by atoms with Crippen LogP contribution in [0, 0.1) is 12.8 Å². The van der Waals surface area contributed by atoms with Crippen molar-refractivity contribution in [1.29, 1.82) is 0 Å². The molecule has 2 saturated heterocycles. The number of nitrogens with zero attached hydrogens (tertiary/aromatic N) is 5. The molecule has 2 aliphatic rings. The zero-order valence-corrected chi connectivity index (χ0v) is 24.0. The van der Waals surface area contributed by atoms with Gasteiger partial charge in [0, 0.05) is 41.1 Å². The molecule has 0 spiro atoms. The molecule has 2 aliphatic heterocycles. The first-order valence-corrected chi connectivity index (χ1v) is 14.8. The molecule has 0 amide bonds. The molecule has 2 fully saturated rings. The molecule has 1 aromatic carbocycles. The number of carbonyl (C=O) groups is 2. The van der Waals surface area contributed by atoms with Gasteiger partial charge < -0.3 is 10.0 Å². The van der Waals surface area contributed by atoms with Gasteiger partial charge in [0.25, 0.3) is 0 Å². The smallest absolute Gasteiger partial charge is 0.306 e. The molecule has 3 aromatic rings. The summed E-state index contributed by atoms with van der Waals surface area (Å²) in [5.41, 5.74) is 3.20. The number of anilines is 1. The first-order chi connectivity index (χ1) is 18.8. The second-order valence-electron chi connectivity index (χ2n) is 10.5. The Bertz CT molecular complexity index is 1340. The van der Waals surface area contributed by atoms with Crippen LogP contribution in [-0.4, -0.2) is 62.4 Å². The number of rotatable bonds is 9. The lowest BCUT2D eigenvalue weighted by atomic mass is 9.97. The van der Waals surface area contributed by atoms with E-state index < -0.39 is 5.97 Å². The fraction of sp³-hybridized carbons (Fsp3) is 0.500. The second kappa shape index (κ2) is 13.2. The summed E-state index contributed by atoms with van der Waals surface area (Å²) in [6, 6.07) is 6.61. The SMILES string of the molecule is C.CC[C@@H]1CCCN1Cc1sc(CC(=O)c2cnc(N3CCC(C(=O)O)CC3)cn2)nc1-c1ccc(C)c(Cl)c1. The fourth-order valence-electron chi connectivity index (χ4n) is 5.51. The van der Waals surface area contributed by atoms with E-state index >= 15 is 0 Å². The number of piperidine rings is 1. The molecule has 5 rings (SSSR count). The van der Waals surface area contributed by atoms with E-state index in [-0.39, 0.29) is 25.5 Å². The van der Waals surface area contributed by atoms with Crippen LogP contribution in [0.3, 0.4) is 0 Å². The van der Waals surface area contributed by atoms with Gasteiger partial charge >= 0.3 is 5.97 Å². The Morgan fingerprint density at radius 2 is 1.90 bits per heavy atom. The zero-order valence-electron chi connectivity index (χ0n) is 22.4. The minimum Gasteiger partial charge on any atom is -0.481 e. The average molecular weight is 584 g/mol. The first-order valence-electron chi connectivity index (χ1n) is 13.6. The number of hydrogen-bond donors (Lipinski definition) is 1. The van der Waals surface area contributed by atoms with Gasteiger partial charge in [0.1, 0.15) is 16.5 Å². The van der Waals surface area contributed by atoms with Crippen LogP contribution in [0.1, 0.15) is 72.4 Å². The van der Waals surface area contributed by atoms with E-state index in [2.05, 4.69) is 27.9 Å². The molecule has 10 heteroatoms. The number of hydrogen-bond acceptors (Lipinski definition) is 8. The van der Waals surface area contributed by atoms with Gasteiger partial charge in [0.15, 0.2) is 5.78 Å². The van der Waals surface area contributed by atoms with Crippen LogP contribution in [0.25, 0.3) is 11.3 Å². The van der Waals surface area contributed by atoms with Gasteiger partial charge in [-0.25, -0.2) is 15.0 Å². The van der Waals surface area contributed by atoms with E-state index in [9.17, 15) is 14.7 Å². The lowest BCUT2D eigenvalue weighted by Crippen LogP contribution is -2.36. The zero-order chi connectivity index (χ0) is 27.5. The molecule has 0 saturated carbocycles. The summed E-state index contributed by atoms with van der Waals surface area (Å²) in [7, 11) is 0. The number of aromatic nitrogens is 3. The van der Waals surface area contributed by atoms with Gasteiger partial charge in [-0.3, -0.25) is 14.5 Å². The van der Waals surface area contributed by atoms with Gasteiger partial charge in [-0.2, -0.15) is 0 Å². The summed E-state index contributed by atoms with van der Waals surface area (Å²) in [5.74, 6) is -0.509. The average Bonchev–Trinajstić information content (AvgIpc) is 3.57. The second-order valence-corrected chi connectivity index (χ2v) is 12.1. The number of thiazole rings is 1. The third-order valence-electron chi connectivity index (χ3n) is 7.91. The van der Waals surface area contributed by atoms with Crippen molar-refractivity contribution >= 4 is 40.5 Å². The van der Waals surface area contributed by atoms with Crippen LogP contribution in [0.4, 0.5) is 5.82 Å². The molecule has 2 aromatic heterocycles. The molecule has 0 unspecified atom stereocenters. The molecule has 1 atom stereocenters. The van der Waals surface area contributed by atoms with Crippen LogP contribution in [0.2, 0.25) is 5.02 Å². The van der Waals surface area contributed by atoms with Gasteiger partial charge in [-0.15, -0.1) is 11.3 Å². The van der Waals surface area contributed by atoms with Crippen molar-refractivity contribution in [3.05, 3.63) is 56.8 Å². The van der Waals surface area contributed by atoms with Gasteiger partial charge in [0.2, 0.25) is 0 Å². The van der Waals surface area contributed by atoms with E-state index in [0.29, 0.717) is 48.5 Å². The van der Waals surface area contributed by atoms with Crippen molar-refractivity contribution in [1.82, 2.24) is 19.9 Å². The summed E-state index contributed by atoms with van der Waals surface area (Å²) < 4.78 is 0. The molecule has 40 heavy (non-hydrogen) atoms. The van der Waals surface area contributed by atoms with Crippen LogP contribution in [0.15, 0.2) is 30.6 Å². The monoisotopic (exact) mass is 583 g/mol. The normalized spacial score (nSPS) is 18.1. The van der Waals surface area contributed by atoms with Crippen LogP contribution in [0.5, 0.6) is 0 Å². The molecule has 0 radical (unpaired) electrons. The number of aryl methyl sites for hydroxylation is 1. The topological polar surface area (TPSA) is 99.5 Å². The molecule has 0 bridgehead atoms. The van der Waals surface area contributed by atoms with E-state index in [1.165, 1.54) is 19.0 Å². The Balaban J connectivity index is 0.00000370. The molecular weight excluding hydrogens is 546 g/mol. The lowest BCUT2D eigenvalue weighted by molar-refractivity contribution is -0.142. The van der Waals surface area contributed by atoms with Crippen molar-refractivity contribution in [3.63, 3.8) is 0 Å². The molecular formula is C30H38ClN5O3S. The highest BCUT2D eigenvalue weighted by Gasteiger charge is 2.27. The Labute approximate surface area is 245 Å². The summed E-state index contributed by atoms with van der Waals surface area (Å²) in [5, 5.41) is 10.7. The molecule has 1 N–H and O–H groups in total. The molecule has 214 valence electrons. The highest BCUT2D eigenvalue weighted by molar-refractivity contribution is 7.12.